The minimum atomic E-state index is 0.717. The van der Waals surface area contributed by atoms with Gasteiger partial charge in [0.15, 0.2) is 0 Å². The summed E-state index contributed by atoms with van der Waals surface area (Å²) in [5.41, 5.74) is 2.49. The topological polar surface area (TPSA) is 21.3 Å². The van der Waals surface area contributed by atoms with Crippen molar-refractivity contribution in [2.45, 2.75) is 13.8 Å². The van der Waals surface area contributed by atoms with E-state index in [1.807, 2.05) is 30.8 Å². The van der Waals surface area contributed by atoms with Crippen LogP contribution >= 0.6 is 11.8 Å². The van der Waals surface area contributed by atoms with Gasteiger partial charge in [0.25, 0.3) is 0 Å². The van der Waals surface area contributed by atoms with Crippen LogP contribution in [0.25, 0.3) is 5.70 Å². The lowest BCUT2D eigenvalue weighted by molar-refractivity contribution is 0.340. The number of rotatable bonds is 3. The van der Waals surface area contributed by atoms with Gasteiger partial charge in [-0.1, -0.05) is 0 Å². The standard InChI is InChI=1S/C12H15NOS/c1-3-14-11-6-4-10(5-7-11)12-9(2)15-8-13-12/h4-7,13H,3,8H2,1-2H3. The Kier molecular flexibility index (Phi) is 3.21. The van der Waals surface area contributed by atoms with Crippen molar-refractivity contribution in [2.24, 2.45) is 0 Å². The van der Waals surface area contributed by atoms with E-state index in [1.165, 1.54) is 16.2 Å². The van der Waals surface area contributed by atoms with Crippen molar-refractivity contribution >= 4 is 17.5 Å². The molecule has 0 saturated carbocycles. The second kappa shape index (κ2) is 4.62. The first-order valence-electron chi connectivity index (χ1n) is 5.12. The molecule has 0 amide bonds. The Labute approximate surface area is 94.7 Å². The van der Waals surface area contributed by atoms with Crippen molar-refractivity contribution < 1.29 is 4.74 Å². The molecule has 0 aliphatic carbocycles. The molecule has 1 N–H and O–H groups in total. The minimum Gasteiger partial charge on any atom is -0.494 e. The molecular formula is C12H15NOS. The molecule has 0 unspecified atom stereocenters. The van der Waals surface area contributed by atoms with Crippen molar-refractivity contribution in [2.75, 3.05) is 12.5 Å². The molecule has 1 aliphatic heterocycles. The lowest BCUT2D eigenvalue weighted by Gasteiger charge is -2.07. The zero-order valence-electron chi connectivity index (χ0n) is 9.04. The summed E-state index contributed by atoms with van der Waals surface area (Å²) >= 11 is 1.85. The highest BCUT2D eigenvalue weighted by atomic mass is 32.2. The molecule has 15 heavy (non-hydrogen) atoms. The third-order valence-electron chi connectivity index (χ3n) is 2.34. The number of ether oxygens (including phenoxy) is 1. The Morgan fingerprint density at radius 2 is 2.07 bits per heavy atom. The summed E-state index contributed by atoms with van der Waals surface area (Å²) in [6, 6.07) is 8.24. The Morgan fingerprint density at radius 3 is 2.60 bits per heavy atom. The first kappa shape index (κ1) is 10.4. The van der Waals surface area contributed by atoms with Gasteiger partial charge in [-0.2, -0.15) is 0 Å². The fraction of sp³-hybridized carbons (Fsp3) is 0.333. The summed E-state index contributed by atoms with van der Waals surface area (Å²) in [7, 11) is 0. The van der Waals surface area contributed by atoms with E-state index < -0.39 is 0 Å². The molecule has 0 saturated heterocycles. The molecule has 0 bridgehead atoms. The van der Waals surface area contributed by atoms with Crippen LogP contribution < -0.4 is 10.1 Å². The van der Waals surface area contributed by atoms with Gasteiger partial charge in [0.1, 0.15) is 5.75 Å². The normalized spacial score (nSPS) is 15.3. The maximum Gasteiger partial charge on any atom is 0.119 e. The maximum atomic E-state index is 5.41. The van der Waals surface area contributed by atoms with Gasteiger partial charge in [0.2, 0.25) is 0 Å². The number of hydrogen-bond acceptors (Lipinski definition) is 3. The van der Waals surface area contributed by atoms with Gasteiger partial charge < -0.3 is 10.1 Å². The molecule has 2 rings (SSSR count). The van der Waals surface area contributed by atoms with Crippen LogP contribution in [0.3, 0.4) is 0 Å². The summed E-state index contributed by atoms with van der Waals surface area (Å²) < 4.78 is 5.41. The fourth-order valence-electron chi connectivity index (χ4n) is 1.60. The molecule has 0 atom stereocenters. The second-order valence-corrected chi connectivity index (χ2v) is 4.54. The van der Waals surface area contributed by atoms with Crippen molar-refractivity contribution in [3.63, 3.8) is 0 Å². The van der Waals surface area contributed by atoms with Crippen LogP contribution in [-0.4, -0.2) is 12.5 Å². The summed E-state index contributed by atoms with van der Waals surface area (Å²) in [5, 5.41) is 3.38. The molecule has 2 nitrogen and oxygen atoms in total. The van der Waals surface area contributed by atoms with E-state index in [9.17, 15) is 0 Å². The Balaban J connectivity index is 2.20. The van der Waals surface area contributed by atoms with Crippen LogP contribution in [0, 0.1) is 0 Å². The molecule has 1 aliphatic rings. The quantitative estimate of drug-likeness (QED) is 0.847. The molecule has 80 valence electrons. The highest BCUT2D eigenvalue weighted by molar-refractivity contribution is 8.03. The van der Waals surface area contributed by atoms with Gasteiger partial charge in [-0.05, 0) is 43.7 Å². The number of allylic oxidation sites excluding steroid dienone is 1. The smallest absolute Gasteiger partial charge is 0.119 e. The molecule has 0 fully saturated rings. The second-order valence-electron chi connectivity index (χ2n) is 3.35. The average molecular weight is 221 g/mol. The molecule has 1 aromatic rings. The number of nitrogens with one attached hydrogen (secondary N) is 1. The lowest BCUT2D eigenvalue weighted by Crippen LogP contribution is -2.05. The van der Waals surface area contributed by atoms with Crippen LogP contribution in [0.4, 0.5) is 0 Å². The van der Waals surface area contributed by atoms with Gasteiger partial charge in [0, 0.05) is 4.91 Å². The van der Waals surface area contributed by atoms with Gasteiger partial charge in [-0.3, -0.25) is 0 Å². The Hall–Kier alpha value is -1.09. The zero-order chi connectivity index (χ0) is 10.7. The molecule has 1 aromatic carbocycles. The first-order chi connectivity index (χ1) is 7.31. The number of hydrogen-bond donors (Lipinski definition) is 1. The summed E-state index contributed by atoms with van der Waals surface area (Å²) in [4.78, 5) is 1.36. The summed E-state index contributed by atoms with van der Waals surface area (Å²) in [5.74, 6) is 1.92. The zero-order valence-corrected chi connectivity index (χ0v) is 9.86. The van der Waals surface area contributed by atoms with Crippen LogP contribution in [-0.2, 0) is 0 Å². The molecule has 0 aromatic heterocycles. The minimum absolute atomic E-state index is 0.717. The molecule has 1 heterocycles. The van der Waals surface area contributed by atoms with Gasteiger partial charge in [0.05, 0.1) is 18.2 Å². The SMILES string of the molecule is CCOc1ccc(C2=C(C)SCN2)cc1. The first-order valence-corrected chi connectivity index (χ1v) is 6.10. The van der Waals surface area contributed by atoms with Crippen molar-refractivity contribution in [3.05, 3.63) is 34.7 Å². The van der Waals surface area contributed by atoms with Crippen molar-refractivity contribution in [1.82, 2.24) is 5.32 Å². The van der Waals surface area contributed by atoms with E-state index >= 15 is 0 Å². The van der Waals surface area contributed by atoms with Crippen LogP contribution in [0.2, 0.25) is 0 Å². The van der Waals surface area contributed by atoms with Crippen LogP contribution in [0.1, 0.15) is 19.4 Å². The van der Waals surface area contributed by atoms with E-state index in [1.54, 1.807) is 0 Å². The Morgan fingerprint density at radius 1 is 1.33 bits per heavy atom. The average Bonchev–Trinajstić information content (AvgIpc) is 2.66. The molecule has 0 spiro atoms. The van der Waals surface area contributed by atoms with E-state index in [0.29, 0.717) is 0 Å². The van der Waals surface area contributed by atoms with Gasteiger partial charge >= 0.3 is 0 Å². The third kappa shape index (κ3) is 2.29. The maximum absolute atomic E-state index is 5.41. The highest BCUT2D eigenvalue weighted by Crippen LogP contribution is 2.30. The van der Waals surface area contributed by atoms with Gasteiger partial charge in [-0.25, -0.2) is 0 Å². The summed E-state index contributed by atoms with van der Waals surface area (Å²) in [6.07, 6.45) is 0. The third-order valence-corrected chi connectivity index (χ3v) is 3.27. The largest absolute Gasteiger partial charge is 0.494 e. The highest BCUT2D eigenvalue weighted by Gasteiger charge is 2.11. The Bertz CT molecular complexity index is 370. The predicted molar refractivity (Wildman–Crippen MR) is 65.8 cm³/mol. The molecule has 3 heteroatoms. The van der Waals surface area contributed by atoms with E-state index in [4.69, 9.17) is 4.74 Å². The number of benzene rings is 1. The molecular weight excluding hydrogens is 206 g/mol. The number of thioether (sulfide) groups is 1. The fourth-order valence-corrected chi connectivity index (χ4v) is 2.37. The van der Waals surface area contributed by atoms with Gasteiger partial charge in [-0.15, -0.1) is 11.8 Å². The van der Waals surface area contributed by atoms with E-state index in [-0.39, 0.29) is 0 Å². The van der Waals surface area contributed by atoms with Crippen LogP contribution in [0.5, 0.6) is 5.75 Å². The van der Waals surface area contributed by atoms with Crippen molar-refractivity contribution in [3.8, 4) is 5.75 Å². The predicted octanol–water partition coefficient (Wildman–Crippen LogP) is 3.07. The monoisotopic (exact) mass is 221 g/mol. The van der Waals surface area contributed by atoms with Crippen LogP contribution in [0.15, 0.2) is 29.2 Å². The lowest BCUT2D eigenvalue weighted by atomic mass is 10.1. The van der Waals surface area contributed by atoms with E-state index in [0.717, 1.165) is 18.2 Å². The van der Waals surface area contributed by atoms with E-state index in [2.05, 4.69) is 24.4 Å². The molecule has 0 radical (unpaired) electrons. The van der Waals surface area contributed by atoms with Crippen molar-refractivity contribution in [1.29, 1.82) is 0 Å². The summed E-state index contributed by atoms with van der Waals surface area (Å²) in [6.45, 7) is 4.86.